The molecule has 2 aromatic rings. The number of hydrogen-bond acceptors (Lipinski definition) is 1. The van der Waals surface area contributed by atoms with Gasteiger partial charge in [-0.25, -0.2) is 0 Å². The smallest absolute Gasteiger partial charge is 0.264 e. The van der Waals surface area contributed by atoms with Gasteiger partial charge in [-0.1, -0.05) is 46.8 Å². The molecule has 0 amide bonds. The van der Waals surface area contributed by atoms with E-state index in [9.17, 15) is 4.79 Å². The zero-order valence-electron chi connectivity index (χ0n) is 12.3. The average molecular weight is 258 g/mol. The molecule has 0 aliphatic heterocycles. The fraction of sp³-hybridized carbons (Fsp3) is 0.438. The maximum Gasteiger partial charge on any atom is 0.264 e. The van der Waals surface area contributed by atoms with Crippen molar-refractivity contribution in [3.8, 4) is 5.69 Å². The molecule has 0 aliphatic rings. The number of nitrogens with zero attached hydrogens (tertiary/aromatic N) is 1. The summed E-state index contributed by atoms with van der Waals surface area (Å²) >= 11 is 0. The first-order valence-corrected chi connectivity index (χ1v) is 6.72. The quantitative estimate of drug-likeness (QED) is 0.878. The molecule has 0 radical (unpaired) electrons. The van der Waals surface area contributed by atoms with E-state index in [1.165, 1.54) is 5.56 Å². The maximum atomic E-state index is 11.5. The third kappa shape index (κ3) is 2.80. The Labute approximate surface area is 114 Å². The average Bonchev–Trinajstić information content (AvgIpc) is 2.70. The molecular formula is C16H22N2O. The lowest BCUT2D eigenvalue weighted by Crippen LogP contribution is -2.11. The highest BCUT2D eigenvalue weighted by molar-refractivity contribution is 5.38. The van der Waals surface area contributed by atoms with Crippen LogP contribution >= 0.6 is 0 Å². The van der Waals surface area contributed by atoms with E-state index in [0.717, 1.165) is 11.4 Å². The Morgan fingerprint density at radius 3 is 2.16 bits per heavy atom. The Balaban J connectivity index is 2.46. The SMILES string of the molecule is CC(C)c1cc(=O)[nH]n1-c1ccc(C(C)(C)C)cc1. The molecule has 0 saturated heterocycles. The molecule has 0 unspecified atom stereocenters. The first-order chi connectivity index (χ1) is 8.79. The molecule has 0 aliphatic carbocycles. The van der Waals surface area contributed by atoms with Crippen LogP contribution in [0.25, 0.3) is 5.69 Å². The molecule has 102 valence electrons. The zero-order valence-corrected chi connectivity index (χ0v) is 12.3. The molecule has 3 heteroatoms. The molecule has 2 rings (SSSR count). The minimum absolute atomic E-state index is 0.0522. The van der Waals surface area contributed by atoms with Gasteiger partial charge in [0.15, 0.2) is 0 Å². The molecular weight excluding hydrogens is 236 g/mol. The third-order valence-corrected chi connectivity index (χ3v) is 3.34. The van der Waals surface area contributed by atoms with Crippen LogP contribution in [-0.2, 0) is 5.41 Å². The van der Waals surface area contributed by atoms with Gasteiger partial charge in [-0.05, 0) is 29.0 Å². The molecule has 0 atom stereocenters. The summed E-state index contributed by atoms with van der Waals surface area (Å²) in [6.07, 6.45) is 0. The number of hydrogen-bond donors (Lipinski definition) is 1. The van der Waals surface area contributed by atoms with Crippen molar-refractivity contribution >= 4 is 0 Å². The Morgan fingerprint density at radius 1 is 1.11 bits per heavy atom. The molecule has 19 heavy (non-hydrogen) atoms. The highest BCUT2D eigenvalue weighted by Crippen LogP contribution is 2.24. The highest BCUT2D eigenvalue weighted by atomic mass is 16.1. The number of rotatable bonds is 2. The van der Waals surface area contributed by atoms with Gasteiger partial charge in [0.05, 0.1) is 5.69 Å². The summed E-state index contributed by atoms with van der Waals surface area (Å²) in [6, 6.07) is 10.0. The first kappa shape index (κ1) is 13.7. The monoisotopic (exact) mass is 258 g/mol. The van der Waals surface area contributed by atoms with E-state index in [4.69, 9.17) is 0 Å². The Hall–Kier alpha value is -1.77. The summed E-state index contributed by atoms with van der Waals surface area (Å²) in [5.74, 6) is 0.307. The van der Waals surface area contributed by atoms with Gasteiger partial charge in [0, 0.05) is 11.8 Å². The molecule has 0 saturated carbocycles. The largest absolute Gasteiger partial charge is 0.268 e. The van der Waals surface area contributed by atoms with Gasteiger partial charge in [-0.3, -0.25) is 14.6 Å². The van der Waals surface area contributed by atoms with Crippen LogP contribution in [0.1, 0.15) is 51.8 Å². The van der Waals surface area contributed by atoms with Crippen molar-refractivity contribution in [3.63, 3.8) is 0 Å². The van der Waals surface area contributed by atoms with Crippen LogP contribution in [0.3, 0.4) is 0 Å². The summed E-state index contributed by atoms with van der Waals surface area (Å²) in [5.41, 5.74) is 3.39. The summed E-state index contributed by atoms with van der Waals surface area (Å²) in [5, 5.41) is 2.86. The van der Waals surface area contributed by atoms with Crippen molar-refractivity contribution in [1.82, 2.24) is 9.78 Å². The Kier molecular flexibility index (Phi) is 3.40. The lowest BCUT2D eigenvalue weighted by molar-refractivity contribution is 0.590. The van der Waals surface area contributed by atoms with E-state index in [2.05, 4.69) is 64.0 Å². The van der Waals surface area contributed by atoms with E-state index in [0.29, 0.717) is 5.92 Å². The lowest BCUT2D eigenvalue weighted by Gasteiger charge is -2.19. The third-order valence-electron chi connectivity index (χ3n) is 3.34. The van der Waals surface area contributed by atoms with Gasteiger partial charge < -0.3 is 0 Å². The Bertz CT molecular complexity index is 609. The van der Waals surface area contributed by atoms with Crippen LogP contribution in [0.5, 0.6) is 0 Å². The van der Waals surface area contributed by atoms with Crippen LogP contribution in [-0.4, -0.2) is 9.78 Å². The standard InChI is InChI=1S/C16H22N2O/c1-11(2)14-10-15(19)17-18(14)13-8-6-12(7-9-13)16(3,4)5/h6-11H,1-5H3,(H,17,19). The fourth-order valence-electron chi connectivity index (χ4n) is 2.15. The van der Waals surface area contributed by atoms with Crippen LogP contribution in [0.15, 0.2) is 35.1 Å². The van der Waals surface area contributed by atoms with Gasteiger partial charge in [-0.2, -0.15) is 0 Å². The minimum atomic E-state index is -0.0522. The number of benzene rings is 1. The van der Waals surface area contributed by atoms with Crippen LogP contribution < -0.4 is 5.56 Å². The number of aromatic amines is 1. The second-order valence-corrected chi connectivity index (χ2v) is 6.33. The predicted octanol–water partition coefficient (Wildman–Crippen LogP) is 3.59. The van der Waals surface area contributed by atoms with E-state index >= 15 is 0 Å². The molecule has 1 N–H and O–H groups in total. The molecule has 1 aromatic carbocycles. The van der Waals surface area contributed by atoms with Crippen molar-refractivity contribution in [3.05, 3.63) is 51.9 Å². The van der Waals surface area contributed by atoms with E-state index in [1.54, 1.807) is 6.07 Å². The van der Waals surface area contributed by atoms with E-state index in [-0.39, 0.29) is 11.0 Å². The second-order valence-electron chi connectivity index (χ2n) is 6.33. The molecule has 1 heterocycles. The van der Waals surface area contributed by atoms with Gasteiger partial charge in [0.1, 0.15) is 0 Å². The molecule has 0 fully saturated rings. The van der Waals surface area contributed by atoms with Crippen LogP contribution in [0.4, 0.5) is 0 Å². The number of H-pyrrole nitrogens is 1. The van der Waals surface area contributed by atoms with Crippen molar-refractivity contribution in [2.24, 2.45) is 0 Å². The number of nitrogens with one attached hydrogen (secondary N) is 1. The highest BCUT2D eigenvalue weighted by Gasteiger charge is 2.14. The minimum Gasteiger partial charge on any atom is -0.268 e. The van der Waals surface area contributed by atoms with Crippen LogP contribution in [0, 0.1) is 0 Å². The fourth-order valence-corrected chi connectivity index (χ4v) is 2.15. The molecule has 3 nitrogen and oxygen atoms in total. The molecule has 1 aromatic heterocycles. The lowest BCUT2D eigenvalue weighted by atomic mass is 9.87. The van der Waals surface area contributed by atoms with Gasteiger partial charge in [0.25, 0.3) is 5.56 Å². The van der Waals surface area contributed by atoms with E-state index in [1.807, 2.05) is 4.68 Å². The summed E-state index contributed by atoms with van der Waals surface area (Å²) in [7, 11) is 0. The normalized spacial score (nSPS) is 12.1. The summed E-state index contributed by atoms with van der Waals surface area (Å²) < 4.78 is 1.87. The molecule has 0 spiro atoms. The molecule has 0 bridgehead atoms. The van der Waals surface area contributed by atoms with Crippen molar-refractivity contribution < 1.29 is 0 Å². The zero-order chi connectivity index (χ0) is 14.2. The van der Waals surface area contributed by atoms with Gasteiger partial charge in [-0.15, -0.1) is 0 Å². The van der Waals surface area contributed by atoms with Crippen molar-refractivity contribution in [1.29, 1.82) is 0 Å². The maximum absolute atomic E-state index is 11.5. The van der Waals surface area contributed by atoms with Gasteiger partial charge in [0.2, 0.25) is 0 Å². The Morgan fingerprint density at radius 2 is 1.68 bits per heavy atom. The van der Waals surface area contributed by atoms with Crippen molar-refractivity contribution in [2.75, 3.05) is 0 Å². The summed E-state index contributed by atoms with van der Waals surface area (Å²) in [6.45, 7) is 10.8. The second kappa shape index (κ2) is 4.72. The van der Waals surface area contributed by atoms with Crippen LogP contribution in [0.2, 0.25) is 0 Å². The summed E-state index contributed by atoms with van der Waals surface area (Å²) in [4.78, 5) is 11.5. The predicted molar refractivity (Wildman–Crippen MR) is 79.2 cm³/mol. The van der Waals surface area contributed by atoms with Crippen molar-refractivity contribution in [2.45, 2.75) is 46.0 Å². The topological polar surface area (TPSA) is 37.8 Å². The van der Waals surface area contributed by atoms with Gasteiger partial charge >= 0.3 is 0 Å². The first-order valence-electron chi connectivity index (χ1n) is 6.72. The number of aromatic nitrogens is 2. The van der Waals surface area contributed by atoms with E-state index < -0.39 is 0 Å².